The third kappa shape index (κ3) is 3.16. The number of nitrogens with two attached hydrogens (primary N) is 1. The van der Waals surface area contributed by atoms with E-state index >= 15 is 0 Å². The van der Waals surface area contributed by atoms with Gasteiger partial charge in [0.2, 0.25) is 5.91 Å². The average Bonchev–Trinajstić information content (AvgIpc) is 2.35. The van der Waals surface area contributed by atoms with Crippen molar-refractivity contribution in [1.82, 2.24) is 0 Å². The topological polar surface area (TPSA) is 86.5 Å². The van der Waals surface area contributed by atoms with Crippen LogP contribution in [0, 0.1) is 0 Å². The van der Waals surface area contributed by atoms with Crippen LogP contribution in [-0.2, 0) is 14.3 Å². The Morgan fingerprint density at radius 2 is 1.89 bits per heavy atom. The predicted molar refractivity (Wildman–Crippen MR) is 65.0 cm³/mol. The number of esters is 1. The van der Waals surface area contributed by atoms with Gasteiger partial charge in [0.25, 0.3) is 0 Å². The molecular weight excluding hydrogens is 234 g/mol. The molecular formula is C13H15NO4. The lowest BCUT2D eigenvalue weighted by molar-refractivity contribution is -0.142. The molecule has 2 N–H and O–H groups in total. The fraction of sp³-hybridized carbons (Fsp3) is 0.308. The number of rotatable bonds is 5. The minimum Gasteiger partial charge on any atom is -0.469 e. The molecule has 1 aromatic rings. The van der Waals surface area contributed by atoms with E-state index in [-0.39, 0.29) is 17.8 Å². The van der Waals surface area contributed by atoms with E-state index in [1.54, 1.807) is 18.2 Å². The van der Waals surface area contributed by atoms with Crippen LogP contribution in [0.25, 0.3) is 0 Å². The standard InChI is InChI=1S/C13H15NO4/c1-8(15)11(7-12(16)18-2)9-5-3-4-6-10(9)13(14)17/h3-6,11H,7H2,1-2H3,(H2,14,17). The van der Waals surface area contributed by atoms with Crippen molar-refractivity contribution in [2.45, 2.75) is 19.3 Å². The molecule has 96 valence electrons. The molecule has 0 spiro atoms. The highest BCUT2D eigenvalue weighted by atomic mass is 16.5. The molecule has 1 atom stereocenters. The third-order valence-corrected chi connectivity index (χ3v) is 2.69. The number of hydrogen-bond donors (Lipinski definition) is 1. The molecule has 0 aliphatic carbocycles. The summed E-state index contributed by atoms with van der Waals surface area (Å²) >= 11 is 0. The Labute approximate surface area is 105 Å². The molecule has 1 aromatic carbocycles. The minimum absolute atomic E-state index is 0.101. The van der Waals surface area contributed by atoms with E-state index < -0.39 is 17.8 Å². The number of carbonyl (C=O) groups is 3. The van der Waals surface area contributed by atoms with E-state index in [0.717, 1.165) is 0 Å². The molecule has 0 bridgehead atoms. The van der Waals surface area contributed by atoms with Crippen LogP contribution in [0.2, 0.25) is 0 Å². The summed E-state index contributed by atoms with van der Waals surface area (Å²) in [5, 5.41) is 0. The summed E-state index contributed by atoms with van der Waals surface area (Å²) in [6.45, 7) is 1.37. The zero-order valence-electron chi connectivity index (χ0n) is 10.3. The number of Topliss-reactive ketones (excluding diaryl/α,β-unsaturated/α-hetero) is 1. The van der Waals surface area contributed by atoms with Gasteiger partial charge >= 0.3 is 5.97 Å². The van der Waals surface area contributed by atoms with Crippen molar-refractivity contribution in [3.8, 4) is 0 Å². The van der Waals surface area contributed by atoms with E-state index in [2.05, 4.69) is 4.74 Å². The number of ketones is 1. The Morgan fingerprint density at radius 1 is 1.28 bits per heavy atom. The number of methoxy groups -OCH3 is 1. The first kappa shape index (κ1) is 13.9. The van der Waals surface area contributed by atoms with Crippen molar-refractivity contribution in [2.75, 3.05) is 7.11 Å². The normalized spacial score (nSPS) is 11.7. The van der Waals surface area contributed by atoms with E-state index in [0.29, 0.717) is 5.56 Å². The monoisotopic (exact) mass is 249 g/mol. The van der Waals surface area contributed by atoms with E-state index in [1.165, 1.54) is 20.1 Å². The lowest BCUT2D eigenvalue weighted by atomic mass is 9.88. The van der Waals surface area contributed by atoms with Crippen molar-refractivity contribution in [2.24, 2.45) is 5.73 Å². The van der Waals surface area contributed by atoms with Gasteiger partial charge in [0, 0.05) is 5.56 Å². The van der Waals surface area contributed by atoms with Crippen molar-refractivity contribution in [3.63, 3.8) is 0 Å². The molecule has 5 nitrogen and oxygen atoms in total. The summed E-state index contributed by atoms with van der Waals surface area (Å²) < 4.78 is 4.55. The number of amides is 1. The summed E-state index contributed by atoms with van der Waals surface area (Å²) in [6, 6.07) is 6.49. The van der Waals surface area contributed by atoms with Crippen molar-refractivity contribution in [1.29, 1.82) is 0 Å². The van der Waals surface area contributed by atoms with Crippen molar-refractivity contribution < 1.29 is 19.1 Å². The highest BCUT2D eigenvalue weighted by Crippen LogP contribution is 2.24. The number of ether oxygens (including phenoxy) is 1. The second-order valence-corrected chi connectivity index (χ2v) is 3.89. The number of carbonyl (C=O) groups excluding carboxylic acids is 3. The van der Waals surface area contributed by atoms with Crippen LogP contribution in [0.3, 0.4) is 0 Å². The van der Waals surface area contributed by atoms with Crippen molar-refractivity contribution >= 4 is 17.7 Å². The molecule has 18 heavy (non-hydrogen) atoms. The summed E-state index contributed by atoms with van der Waals surface area (Å²) in [5.74, 6) is -2.05. The average molecular weight is 249 g/mol. The van der Waals surface area contributed by atoms with Gasteiger partial charge in [-0.3, -0.25) is 14.4 Å². The molecule has 0 saturated carbocycles. The molecule has 0 aliphatic heterocycles. The highest BCUT2D eigenvalue weighted by Gasteiger charge is 2.24. The van der Waals surface area contributed by atoms with Gasteiger partial charge in [-0.25, -0.2) is 0 Å². The smallest absolute Gasteiger partial charge is 0.306 e. The van der Waals surface area contributed by atoms with Crippen molar-refractivity contribution in [3.05, 3.63) is 35.4 Å². The number of benzene rings is 1. The van der Waals surface area contributed by atoms with Crippen LogP contribution in [0.4, 0.5) is 0 Å². The lowest BCUT2D eigenvalue weighted by Crippen LogP contribution is -2.20. The summed E-state index contributed by atoms with van der Waals surface area (Å²) in [6.07, 6.45) is -0.101. The lowest BCUT2D eigenvalue weighted by Gasteiger charge is -2.15. The van der Waals surface area contributed by atoms with Gasteiger partial charge in [0.05, 0.1) is 19.4 Å². The molecule has 1 rings (SSSR count). The van der Waals surface area contributed by atoms with Gasteiger partial charge in [-0.2, -0.15) is 0 Å². The zero-order chi connectivity index (χ0) is 13.7. The second-order valence-electron chi connectivity index (χ2n) is 3.89. The molecule has 1 amide bonds. The minimum atomic E-state index is -0.707. The van der Waals surface area contributed by atoms with Gasteiger partial charge in [-0.15, -0.1) is 0 Å². The molecule has 0 heterocycles. The predicted octanol–water partition coefficient (Wildman–Crippen LogP) is 1.02. The zero-order valence-corrected chi connectivity index (χ0v) is 10.3. The Bertz CT molecular complexity index is 482. The first-order valence-corrected chi connectivity index (χ1v) is 5.43. The van der Waals surface area contributed by atoms with Gasteiger partial charge in [0.15, 0.2) is 0 Å². The highest BCUT2D eigenvalue weighted by molar-refractivity contribution is 5.97. The summed E-state index contributed by atoms with van der Waals surface area (Å²) in [4.78, 5) is 34.2. The number of hydrogen-bond acceptors (Lipinski definition) is 4. The van der Waals surface area contributed by atoms with Crippen LogP contribution in [0.5, 0.6) is 0 Å². The first-order chi connectivity index (χ1) is 8.47. The SMILES string of the molecule is COC(=O)CC(C(C)=O)c1ccccc1C(N)=O. The number of primary amides is 1. The van der Waals surface area contributed by atoms with Crippen LogP contribution < -0.4 is 5.73 Å². The third-order valence-electron chi connectivity index (χ3n) is 2.69. The molecule has 5 heteroatoms. The maximum absolute atomic E-state index is 11.6. The molecule has 1 unspecified atom stereocenters. The van der Waals surface area contributed by atoms with Crippen LogP contribution >= 0.6 is 0 Å². The van der Waals surface area contributed by atoms with Gasteiger partial charge in [0.1, 0.15) is 5.78 Å². The molecule has 0 saturated heterocycles. The Kier molecular flexibility index (Phi) is 4.59. The molecule has 0 radical (unpaired) electrons. The largest absolute Gasteiger partial charge is 0.469 e. The second kappa shape index (κ2) is 5.95. The van der Waals surface area contributed by atoms with Gasteiger partial charge < -0.3 is 10.5 Å². The Morgan fingerprint density at radius 3 is 2.39 bits per heavy atom. The molecule has 0 fully saturated rings. The van der Waals surface area contributed by atoms with Gasteiger partial charge in [-0.1, -0.05) is 18.2 Å². The van der Waals surface area contributed by atoms with Crippen LogP contribution in [0.1, 0.15) is 35.2 Å². The molecule has 0 aromatic heterocycles. The quantitative estimate of drug-likeness (QED) is 0.789. The fourth-order valence-corrected chi connectivity index (χ4v) is 1.75. The summed E-state index contributed by atoms with van der Waals surface area (Å²) in [5.41, 5.74) is 5.96. The van der Waals surface area contributed by atoms with E-state index in [1.807, 2.05) is 0 Å². The Balaban J connectivity index is 3.17. The molecule has 0 aliphatic rings. The maximum atomic E-state index is 11.6. The Hall–Kier alpha value is -2.17. The van der Waals surface area contributed by atoms with E-state index in [4.69, 9.17) is 5.73 Å². The van der Waals surface area contributed by atoms with Gasteiger partial charge in [-0.05, 0) is 18.6 Å². The van der Waals surface area contributed by atoms with Crippen LogP contribution in [0.15, 0.2) is 24.3 Å². The fourth-order valence-electron chi connectivity index (χ4n) is 1.75. The van der Waals surface area contributed by atoms with E-state index in [9.17, 15) is 14.4 Å². The van der Waals surface area contributed by atoms with Crippen LogP contribution in [-0.4, -0.2) is 24.8 Å². The maximum Gasteiger partial charge on any atom is 0.306 e. The summed E-state index contributed by atoms with van der Waals surface area (Å²) in [7, 11) is 1.25. The first-order valence-electron chi connectivity index (χ1n) is 5.43.